The van der Waals surface area contributed by atoms with Crippen molar-refractivity contribution in [3.05, 3.63) is 71.7 Å². The molecular weight excluding hydrogens is 427 g/mol. The number of hydrogen-bond acceptors (Lipinski definition) is 7. The standard InChI is InChI=1S/C21H10F3N5O3/c22-21(23,24)20-27-6-12-16-11-5-9(28-15-8-25-4-3-10(15)19(31)32)1-2-14(11)26-7-13(16)18(30)17(12)29-20/h1-8,28H,(H,31,32). The Balaban J connectivity index is 1.66. The summed E-state index contributed by atoms with van der Waals surface area (Å²) in [5.74, 6) is -3.21. The van der Waals surface area contributed by atoms with Crippen LogP contribution >= 0.6 is 0 Å². The third kappa shape index (κ3) is 3.02. The average molecular weight is 437 g/mol. The van der Waals surface area contributed by atoms with Crippen LogP contribution in [-0.2, 0) is 6.18 Å². The molecule has 0 saturated heterocycles. The molecule has 0 saturated carbocycles. The molecule has 2 N–H and O–H groups in total. The van der Waals surface area contributed by atoms with Crippen molar-refractivity contribution < 1.29 is 27.9 Å². The molecule has 158 valence electrons. The molecule has 1 aliphatic carbocycles. The van der Waals surface area contributed by atoms with Crippen LogP contribution in [0.2, 0.25) is 0 Å². The van der Waals surface area contributed by atoms with Gasteiger partial charge in [-0.1, -0.05) is 0 Å². The van der Waals surface area contributed by atoms with Crippen molar-refractivity contribution >= 4 is 34.0 Å². The number of carbonyl (C=O) groups excluding carboxylic acids is 1. The van der Waals surface area contributed by atoms with Gasteiger partial charge in [0, 0.05) is 40.8 Å². The number of rotatable bonds is 3. The van der Waals surface area contributed by atoms with Gasteiger partial charge in [-0.25, -0.2) is 14.8 Å². The van der Waals surface area contributed by atoms with E-state index < -0.39 is 23.8 Å². The molecule has 0 atom stereocenters. The number of aromatic nitrogens is 4. The van der Waals surface area contributed by atoms with Crippen molar-refractivity contribution in [2.75, 3.05) is 5.32 Å². The van der Waals surface area contributed by atoms with E-state index in [-0.39, 0.29) is 28.1 Å². The molecule has 4 aromatic rings. The molecule has 0 aliphatic heterocycles. The lowest BCUT2D eigenvalue weighted by atomic mass is 10.0. The number of carbonyl (C=O) groups is 2. The summed E-state index contributed by atoms with van der Waals surface area (Å²) in [6.07, 6.45) is 0.201. The summed E-state index contributed by atoms with van der Waals surface area (Å²) in [6.45, 7) is 0. The zero-order valence-electron chi connectivity index (χ0n) is 15.8. The minimum Gasteiger partial charge on any atom is -0.478 e. The van der Waals surface area contributed by atoms with Gasteiger partial charge in [0.2, 0.25) is 11.6 Å². The zero-order valence-corrected chi connectivity index (χ0v) is 15.8. The molecule has 32 heavy (non-hydrogen) atoms. The van der Waals surface area contributed by atoms with E-state index in [1.165, 1.54) is 24.7 Å². The molecule has 0 fully saturated rings. The first-order valence-electron chi connectivity index (χ1n) is 9.10. The number of ketones is 1. The molecule has 3 heterocycles. The van der Waals surface area contributed by atoms with Crippen LogP contribution in [0.25, 0.3) is 22.0 Å². The molecule has 1 aliphatic rings. The largest absolute Gasteiger partial charge is 0.478 e. The SMILES string of the molecule is O=C(O)c1ccncc1Nc1ccc2ncc3c(c2c1)-c1cnc(C(F)(F)F)nc1C3=O. The highest BCUT2D eigenvalue weighted by Gasteiger charge is 2.38. The summed E-state index contributed by atoms with van der Waals surface area (Å²) in [4.78, 5) is 39.1. The van der Waals surface area contributed by atoms with Crippen molar-refractivity contribution in [2.24, 2.45) is 0 Å². The van der Waals surface area contributed by atoms with Gasteiger partial charge >= 0.3 is 12.1 Å². The van der Waals surface area contributed by atoms with Crippen molar-refractivity contribution in [3.8, 4) is 11.1 Å². The normalized spacial score (nSPS) is 12.5. The molecule has 0 spiro atoms. The molecule has 0 amide bonds. The van der Waals surface area contributed by atoms with Crippen molar-refractivity contribution in [1.82, 2.24) is 19.9 Å². The Kier molecular flexibility index (Phi) is 4.16. The second kappa shape index (κ2) is 6.80. The Bertz CT molecular complexity index is 1450. The molecular formula is C21H10F3N5O3. The van der Waals surface area contributed by atoms with E-state index >= 15 is 0 Å². The third-order valence-corrected chi connectivity index (χ3v) is 4.97. The first-order chi connectivity index (χ1) is 15.2. The monoisotopic (exact) mass is 437 g/mol. The lowest BCUT2D eigenvalue weighted by Gasteiger charge is -2.11. The molecule has 0 radical (unpaired) electrons. The number of anilines is 2. The van der Waals surface area contributed by atoms with Gasteiger partial charge in [-0.15, -0.1) is 0 Å². The highest BCUT2D eigenvalue weighted by molar-refractivity contribution is 6.24. The minimum absolute atomic E-state index is 0.00474. The third-order valence-electron chi connectivity index (χ3n) is 4.97. The quantitative estimate of drug-likeness (QED) is 0.433. The molecule has 0 bridgehead atoms. The maximum Gasteiger partial charge on any atom is 0.451 e. The number of nitrogens with zero attached hydrogens (tertiary/aromatic N) is 4. The van der Waals surface area contributed by atoms with Crippen LogP contribution in [0.5, 0.6) is 0 Å². The van der Waals surface area contributed by atoms with Gasteiger partial charge in [-0.3, -0.25) is 14.8 Å². The smallest absolute Gasteiger partial charge is 0.451 e. The van der Waals surface area contributed by atoms with E-state index in [2.05, 4.69) is 25.3 Å². The summed E-state index contributed by atoms with van der Waals surface area (Å²) in [7, 11) is 0. The number of aromatic carboxylic acids is 1. The van der Waals surface area contributed by atoms with Crippen molar-refractivity contribution in [2.45, 2.75) is 6.18 Å². The van der Waals surface area contributed by atoms with E-state index in [0.29, 0.717) is 22.2 Å². The summed E-state index contributed by atoms with van der Waals surface area (Å²) >= 11 is 0. The second-order valence-electron chi connectivity index (χ2n) is 6.91. The van der Waals surface area contributed by atoms with Crippen LogP contribution in [0, 0.1) is 0 Å². The molecule has 3 aromatic heterocycles. The summed E-state index contributed by atoms with van der Waals surface area (Å²) in [5.41, 5.74) is 1.53. The van der Waals surface area contributed by atoms with E-state index in [4.69, 9.17) is 0 Å². The fourth-order valence-electron chi connectivity index (χ4n) is 3.57. The van der Waals surface area contributed by atoms with Gasteiger partial charge in [0.15, 0.2) is 0 Å². The Labute approximate surface area is 176 Å². The van der Waals surface area contributed by atoms with E-state index in [1.807, 2.05) is 0 Å². The van der Waals surface area contributed by atoms with Crippen molar-refractivity contribution in [3.63, 3.8) is 0 Å². The van der Waals surface area contributed by atoms with Crippen LogP contribution in [0.1, 0.15) is 32.2 Å². The Morgan fingerprint density at radius 1 is 1.03 bits per heavy atom. The van der Waals surface area contributed by atoms with Gasteiger partial charge in [0.1, 0.15) is 5.69 Å². The summed E-state index contributed by atoms with van der Waals surface area (Å²) in [6, 6.07) is 6.26. The number of carboxylic acid groups (broad SMARTS) is 1. The van der Waals surface area contributed by atoms with Crippen LogP contribution < -0.4 is 5.32 Å². The fourth-order valence-corrected chi connectivity index (χ4v) is 3.57. The Hall–Kier alpha value is -4.41. The molecule has 5 rings (SSSR count). The fraction of sp³-hybridized carbons (Fsp3) is 0.0476. The lowest BCUT2D eigenvalue weighted by Crippen LogP contribution is -2.13. The number of halogens is 3. The van der Waals surface area contributed by atoms with E-state index in [0.717, 1.165) is 6.20 Å². The number of pyridine rings is 2. The maximum atomic E-state index is 13.0. The minimum atomic E-state index is -4.78. The average Bonchev–Trinajstić information content (AvgIpc) is 3.05. The van der Waals surface area contributed by atoms with Crippen molar-refractivity contribution in [1.29, 1.82) is 0 Å². The topological polar surface area (TPSA) is 118 Å². The Morgan fingerprint density at radius 2 is 1.81 bits per heavy atom. The highest BCUT2D eigenvalue weighted by Crippen LogP contribution is 2.41. The summed E-state index contributed by atoms with van der Waals surface area (Å²) in [5, 5.41) is 12.8. The Morgan fingerprint density at radius 3 is 2.56 bits per heavy atom. The maximum absolute atomic E-state index is 13.0. The highest BCUT2D eigenvalue weighted by atomic mass is 19.4. The zero-order chi connectivity index (χ0) is 22.6. The van der Waals surface area contributed by atoms with Gasteiger partial charge in [0.05, 0.1) is 28.5 Å². The first-order valence-corrected chi connectivity index (χ1v) is 9.10. The van der Waals surface area contributed by atoms with Gasteiger partial charge < -0.3 is 10.4 Å². The van der Waals surface area contributed by atoms with Gasteiger partial charge in [-0.2, -0.15) is 13.2 Å². The van der Waals surface area contributed by atoms with Gasteiger partial charge in [0.25, 0.3) is 0 Å². The predicted molar refractivity (Wildman–Crippen MR) is 106 cm³/mol. The predicted octanol–water partition coefficient (Wildman–Crippen LogP) is 4.09. The van der Waals surface area contributed by atoms with Crippen LogP contribution in [0.3, 0.4) is 0 Å². The summed E-state index contributed by atoms with van der Waals surface area (Å²) < 4.78 is 39.0. The molecule has 11 heteroatoms. The molecule has 0 unspecified atom stereocenters. The number of alkyl halides is 3. The van der Waals surface area contributed by atoms with Crippen LogP contribution in [-0.4, -0.2) is 36.8 Å². The number of nitrogens with one attached hydrogen (secondary N) is 1. The lowest BCUT2D eigenvalue weighted by molar-refractivity contribution is -0.145. The number of benzene rings is 1. The van der Waals surface area contributed by atoms with E-state index in [1.54, 1.807) is 18.2 Å². The number of carboxylic acids is 1. The number of hydrogen-bond donors (Lipinski definition) is 2. The molecule has 1 aromatic carbocycles. The van der Waals surface area contributed by atoms with Crippen LogP contribution in [0.15, 0.2) is 49.1 Å². The van der Waals surface area contributed by atoms with Gasteiger partial charge in [-0.05, 0) is 24.3 Å². The molecule has 8 nitrogen and oxygen atoms in total. The van der Waals surface area contributed by atoms with E-state index in [9.17, 15) is 27.9 Å². The first kappa shape index (κ1) is 19.5. The van der Waals surface area contributed by atoms with Crippen LogP contribution in [0.4, 0.5) is 24.5 Å². The second-order valence-corrected chi connectivity index (χ2v) is 6.91. The number of fused-ring (bicyclic) bond motifs is 5.